The first-order valence-electron chi connectivity index (χ1n) is 10.5. The number of allylic oxidation sites excluding steroid dienone is 4. The summed E-state index contributed by atoms with van der Waals surface area (Å²) in [6, 6.07) is 25.1. The summed E-state index contributed by atoms with van der Waals surface area (Å²) in [5, 5.41) is 34.8. The fraction of sp³-hybridized carbons (Fsp3) is 0.222. The summed E-state index contributed by atoms with van der Waals surface area (Å²) in [4.78, 5) is 0. The van der Waals surface area contributed by atoms with E-state index >= 15 is 0 Å². The lowest BCUT2D eigenvalue weighted by molar-refractivity contribution is 0.321. The average molecular weight is 400 g/mol. The Bertz CT molecular complexity index is 1350. The van der Waals surface area contributed by atoms with Gasteiger partial charge in [-0.3, -0.25) is 0 Å². The molecule has 0 bridgehead atoms. The number of rotatable bonds is 1. The van der Waals surface area contributed by atoms with Gasteiger partial charge in [0.1, 0.15) is 6.07 Å². The Morgan fingerprint density at radius 2 is 1.52 bits per heavy atom. The molecule has 0 amide bonds. The fourth-order valence-corrected chi connectivity index (χ4v) is 5.57. The lowest BCUT2D eigenvalue weighted by atomic mass is 9.56. The van der Waals surface area contributed by atoms with E-state index in [9.17, 15) is 15.8 Å². The second-order valence-electron chi connectivity index (χ2n) is 8.34. The molecule has 2 atom stereocenters. The molecule has 0 saturated carbocycles. The molecule has 5 rings (SSSR count). The zero-order valence-electron chi connectivity index (χ0n) is 17.0. The van der Waals surface area contributed by atoms with Crippen LogP contribution in [0.4, 0.5) is 0 Å². The van der Waals surface area contributed by atoms with E-state index < -0.39 is 11.3 Å². The highest BCUT2D eigenvalue weighted by Gasteiger charge is 2.54. The number of nitrogens with two attached hydrogens (primary N) is 1. The van der Waals surface area contributed by atoms with Gasteiger partial charge in [0.15, 0.2) is 5.41 Å². The fourth-order valence-electron chi connectivity index (χ4n) is 5.57. The van der Waals surface area contributed by atoms with Gasteiger partial charge < -0.3 is 5.73 Å². The Balaban J connectivity index is 1.97. The van der Waals surface area contributed by atoms with Gasteiger partial charge in [-0.15, -0.1) is 0 Å². The van der Waals surface area contributed by atoms with Gasteiger partial charge in [0.2, 0.25) is 0 Å². The van der Waals surface area contributed by atoms with Crippen LogP contribution in [0.2, 0.25) is 0 Å². The molecular formula is C27H20N4. The standard InChI is InChI=1S/C27H20N4/c28-14-23-21-11-5-6-12-22(21)25(27(15-29,16-30)26(23)31)24-19-9-3-1-7-17(19)13-18-8-2-4-10-20(18)24/h1-4,7-11,13,22,25H,5-6,12,31H2. The molecule has 31 heavy (non-hydrogen) atoms. The molecule has 0 fully saturated rings. The van der Waals surface area contributed by atoms with Gasteiger partial charge in [-0.2, -0.15) is 15.8 Å². The smallest absolute Gasteiger partial charge is 0.191 e. The van der Waals surface area contributed by atoms with Gasteiger partial charge in [-0.25, -0.2) is 0 Å². The van der Waals surface area contributed by atoms with Crippen molar-refractivity contribution in [3.05, 3.63) is 83.1 Å². The third-order valence-electron chi connectivity index (χ3n) is 6.92. The Hall–Kier alpha value is -4.07. The predicted octanol–water partition coefficient (Wildman–Crippen LogP) is 5.59. The van der Waals surface area contributed by atoms with Crippen LogP contribution in [0, 0.1) is 45.3 Å². The highest BCUT2D eigenvalue weighted by Crippen LogP contribution is 2.57. The van der Waals surface area contributed by atoms with E-state index in [1.54, 1.807) is 0 Å². The predicted molar refractivity (Wildman–Crippen MR) is 120 cm³/mol. The topological polar surface area (TPSA) is 97.4 Å². The van der Waals surface area contributed by atoms with Crippen LogP contribution in [0.3, 0.4) is 0 Å². The molecule has 3 aromatic carbocycles. The third-order valence-corrected chi connectivity index (χ3v) is 6.92. The van der Waals surface area contributed by atoms with Gasteiger partial charge in [-0.1, -0.05) is 54.6 Å². The highest BCUT2D eigenvalue weighted by atomic mass is 14.7. The summed E-state index contributed by atoms with van der Waals surface area (Å²) in [5.41, 5.74) is 7.17. The van der Waals surface area contributed by atoms with Crippen molar-refractivity contribution in [2.75, 3.05) is 0 Å². The largest absolute Gasteiger partial charge is 0.399 e. The van der Waals surface area contributed by atoms with Crippen molar-refractivity contribution in [3.8, 4) is 18.2 Å². The lowest BCUT2D eigenvalue weighted by Gasteiger charge is -2.44. The molecule has 0 heterocycles. The number of benzene rings is 3. The van der Waals surface area contributed by atoms with E-state index in [1.165, 1.54) is 0 Å². The maximum Gasteiger partial charge on any atom is 0.191 e. The molecule has 0 spiro atoms. The van der Waals surface area contributed by atoms with Crippen LogP contribution in [-0.4, -0.2) is 0 Å². The van der Waals surface area contributed by atoms with Gasteiger partial charge in [0.05, 0.1) is 23.4 Å². The average Bonchev–Trinajstić information content (AvgIpc) is 2.82. The Morgan fingerprint density at radius 1 is 0.903 bits per heavy atom. The molecule has 148 valence electrons. The summed E-state index contributed by atoms with van der Waals surface area (Å²) in [5.74, 6) is -0.564. The number of nitriles is 3. The van der Waals surface area contributed by atoms with E-state index in [4.69, 9.17) is 5.73 Å². The minimum absolute atomic E-state index is 0.0893. The Labute approximate surface area is 181 Å². The van der Waals surface area contributed by atoms with Gasteiger partial charge in [0, 0.05) is 5.92 Å². The van der Waals surface area contributed by atoms with Crippen molar-refractivity contribution in [2.24, 2.45) is 17.1 Å². The molecule has 0 saturated heterocycles. The van der Waals surface area contributed by atoms with Crippen LogP contribution in [-0.2, 0) is 0 Å². The lowest BCUT2D eigenvalue weighted by Crippen LogP contribution is -2.42. The van der Waals surface area contributed by atoms with Crippen molar-refractivity contribution in [2.45, 2.75) is 25.2 Å². The molecule has 2 N–H and O–H groups in total. The van der Waals surface area contributed by atoms with Gasteiger partial charge >= 0.3 is 0 Å². The molecule has 4 heteroatoms. The molecule has 2 unspecified atom stereocenters. The third kappa shape index (κ3) is 2.51. The van der Waals surface area contributed by atoms with Crippen LogP contribution in [0.5, 0.6) is 0 Å². The quantitative estimate of drug-likeness (QED) is 0.539. The minimum Gasteiger partial charge on any atom is -0.399 e. The molecule has 2 aliphatic rings. The maximum atomic E-state index is 10.4. The van der Waals surface area contributed by atoms with E-state index in [1.807, 2.05) is 24.3 Å². The summed E-state index contributed by atoms with van der Waals surface area (Å²) in [6.45, 7) is 0. The van der Waals surface area contributed by atoms with Crippen molar-refractivity contribution in [1.29, 1.82) is 15.8 Å². The first-order chi connectivity index (χ1) is 15.2. The van der Waals surface area contributed by atoms with Crippen LogP contribution >= 0.6 is 0 Å². The highest BCUT2D eigenvalue weighted by molar-refractivity contribution is 6.03. The maximum absolute atomic E-state index is 10.4. The number of fused-ring (bicyclic) bond motifs is 3. The molecular weight excluding hydrogens is 380 g/mol. The minimum atomic E-state index is -1.60. The van der Waals surface area contributed by atoms with E-state index in [0.29, 0.717) is 5.57 Å². The molecule has 3 aromatic rings. The van der Waals surface area contributed by atoms with Crippen LogP contribution in [0.25, 0.3) is 21.5 Å². The van der Waals surface area contributed by atoms with E-state index in [-0.39, 0.29) is 11.6 Å². The SMILES string of the molecule is N#CC1=C(N)C(C#N)(C#N)C(c2c3ccccc3cc3ccccc23)C2CCCC=C12. The number of hydrogen-bond donors (Lipinski definition) is 1. The van der Waals surface area contributed by atoms with Crippen molar-refractivity contribution in [1.82, 2.24) is 0 Å². The molecule has 0 aliphatic heterocycles. The normalized spacial score (nSPS) is 22.2. The first-order valence-corrected chi connectivity index (χ1v) is 10.5. The second-order valence-corrected chi connectivity index (χ2v) is 8.34. The second kappa shape index (κ2) is 7.02. The van der Waals surface area contributed by atoms with Crippen molar-refractivity contribution < 1.29 is 0 Å². The van der Waals surface area contributed by atoms with Crippen molar-refractivity contribution >= 4 is 21.5 Å². The number of nitrogens with zero attached hydrogens (tertiary/aromatic N) is 3. The van der Waals surface area contributed by atoms with Crippen molar-refractivity contribution in [3.63, 3.8) is 0 Å². The van der Waals surface area contributed by atoms with Gasteiger partial charge in [0.25, 0.3) is 0 Å². The summed E-state index contributed by atoms with van der Waals surface area (Å²) in [6.07, 6.45) is 4.73. The molecule has 0 radical (unpaired) electrons. The number of hydrogen-bond acceptors (Lipinski definition) is 4. The monoisotopic (exact) mass is 400 g/mol. The zero-order chi connectivity index (χ0) is 21.6. The molecule has 4 nitrogen and oxygen atoms in total. The first kappa shape index (κ1) is 18.9. The Kier molecular flexibility index (Phi) is 4.28. The molecule has 2 aliphatic carbocycles. The summed E-state index contributed by atoms with van der Waals surface area (Å²) in [7, 11) is 0. The van der Waals surface area contributed by atoms with Crippen LogP contribution in [0.15, 0.2) is 77.5 Å². The van der Waals surface area contributed by atoms with Crippen LogP contribution < -0.4 is 5.73 Å². The van der Waals surface area contributed by atoms with Crippen LogP contribution in [0.1, 0.15) is 30.7 Å². The summed E-state index contributed by atoms with van der Waals surface area (Å²) < 4.78 is 0. The van der Waals surface area contributed by atoms with Gasteiger partial charge in [-0.05, 0) is 63.9 Å². The van der Waals surface area contributed by atoms with E-state index in [2.05, 4.69) is 54.6 Å². The summed E-state index contributed by atoms with van der Waals surface area (Å²) >= 11 is 0. The molecule has 0 aromatic heterocycles. The van der Waals surface area contributed by atoms with E-state index in [0.717, 1.165) is 51.9 Å². The Morgan fingerprint density at radius 3 is 2.10 bits per heavy atom. The zero-order valence-corrected chi connectivity index (χ0v) is 17.0.